The predicted octanol–water partition coefficient (Wildman–Crippen LogP) is 1.45. The summed E-state index contributed by atoms with van der Waals surface area (Å²) >= 11 is 0. The number of hydrogen-bond acceptors (Lipinski definition) is 4. The number of carbonyl (C=O) groups is 1. The third-order valence-corrected chi connectivity index (χ3v) is 6.09. The molecule has 0 radical (unpaired) electrons. The lowest BCUT2D eigenvalue weighted by atomic mass is 10.00. The zero-order valence-electron chi connectivity index (χ0n) is 14.7. The molecule has 1 aliphatic heterocycles. The molecule has 0 bridgehead atoms. The van der Waals surface area contributed by atoms with Crippen molar-refractivity contribution in [3.63, 3.8) is 0 Å². The number of benzene rings is 1. The van der Waals surface area contributed by atoms with Gasteiger partial charge in [-0.2, -0.15) is 0 Å². The highest BCUT2D eigenvalue weighted by molar-refractivity contribution is 7.89. The van der Waals surface area contributed by atoms with Crippen LogP contribution in [-0.4, -0.2) is 48.6 Å². The Labute approximate surface area is 153 Å². The van der Waals surface area contributed by atoms with Gasteiger partial charge in [0.25, 0.3) is 0 Å². The molecule has 0 spiro atoms. The molecule has 8 heteroatoms. The van der Waals surface area contributed by atoms with Crippen molar-refractivity contribution >= 4 is 16.0 Å². The molecule has 1 aliphatic rings. The maximum atomic E-state index is 12.3. The van der Waals surface area contributed by atoms with Crippen LogP contribution in [0.2, 0.25) is 0 Å². The molecule has 0 amide bonds. The van der Waals surface area contributed by atoms with Crippen LogP contribution in [-0.2, 0) is 30.0 Å². The van der Waals surface area contributed by atoms with Crippen LogP contribution in [0.25, 0.3) is 0 Å². The second kappa shape index (κ2) is 7.61. The van der Waals surface area contributed by atoms with Crippen LogP contribution in [0.4, 0.5) is 0 Å². The van der Waals surface area contributed by atoms with E-state index in [2.05, 4.69) is 27.8 Å². The van der Waals surface area contributed by atoms with E-state index < -0.39 is 16.0 Å². The number of rotatable bonds is 7. The van der Waals surface area contributed by atoms with Crippen LogP contribution in [0.5, 0.6) is 0 Å². The van der Waals surface area contributed by atoms with E-state index in [0.29, 0.717) is 13.0 Å². The number of sulfonamides is 1. The third kappa shape index (κ3) is 4.14. The van der Waals surface area contributed by atoms with Crippen molar-refractivity contribution in [3.8, 4) is 0 Å². The summed E-state index contributed by atoms with van der Waals surface area (Å²) in [6, 6.07) is 9.57. The highest BCUT2D eigenvalue weighted by atomic mass is 32.2. The summed E-state index contributed by atoms with van der Waals surface area (Å²) in [6.07, 6.45) is 3.03. The van der Waals surface area contributed by atoms with Crippen molar-refractivity contribution in [1.82, 2.24) is 14.2 Å². The van der Waals surface area contributed by atoms with Gasteiger partial charge in [-0.05, 0) is 36.6 Å². The van der Waals surface area contributed by atoms with Crippen molar-refractivity contribution in [2.45, 2.75) is 24.3 Å². The van der Waals surface area contributed by atoms with E-state index in [1.807, 2.05) is 6.07 Å². The molecule has 0 fully saturated rings. The molecule has 7 nitrogen and oxygen atoms in total. The van der Waals surface area contributed by atoms with Gasteiger partial charge in [-0.3, -0.25) is 4.90 Å². The number of carboxylic acid groups (broad SMARTS) is 1. The molecular formula is C18H23N3O4S. The van der Waals surface area contributed by atoms with Crippen molar-refractivity contribution in [3.05, 3.63) is 53.3 Å². The average molecular weight is 377 g/mol. The van der Waals surface area contributed by atoms with E-state index in [9.17, 15) is 13.2 Å². The smallest absolute Gasteiger partial charge is 0.352 e. The van der Waals surface area contributed by atoms with E-state index in [0.717, 1.165) is 26.1 Å². The van der Waals surface area contributed by atoms with Crippen LogP contribution >= 0.6 is 0 Å². The Bertz CT molecular complexity index is 905. The topological polar surface area (TPSA) is 91.6 Å². The summed E-state index contributed by atoms with van der Waals surface area (Å²) in [6.45, 7) is 3.00. The molecule has 0 unspecified atom stereocenters. The molecule has 0 saturated heterocycles. The lowest BCUT2D eigenvalue weighted by Gasteiger charge is -2.28. The van der Waals surface area contributed by atoms with Crippen molar-refractivity contribution in [2.24, 2.45) is 7.05 Å². The zero-order chi connectivity index (χ0) is 18.7. The first-order valence-electron chi connectivity index (χ1n) is 8.55. The summed E-state index contributed by atoms with van der Waals surface area (Å²) in [5.41, 5.74) is 2.67. The van der Waals surface area contributed by atoms with Gasteiger partial charge < -0.3 is 9.67 Å². The first-order valence-corrected chi connectivity index (χ1v) is 10.0. The second-order valence-corrected chi connectivity index (χ2v) is 8.29. The molecule has 0 aliphatic carbocycles. The summed E-state index contributed by atoms with van der Waals surface area (Å²) in [4.78, 5) is 13.3. The number of aryl methyl sites for hydroxylation is 1. The van der Waals surface area contributed by atoms with Gasteiger partial charge in [0.05, 0.1) is 0 Å². The minimum absolute atomic E-state index is 0.0238. The highest BCUT2D eigenvalue weighted by Crippen LogP contribution is 2.18. The maximum absolute atomic E-state index is 12.3. The van der Waals surface area contributed by atoms with E-state index in [-0.39, 0.29) is 10.6 Å². The fourth-order valence-corrected chi connectivity index (χ4v) is 4.37. The Morgan fingerprint density at radius 3 is 2.69 bits per heavy atom. The molecule has 1 aromatic heterocycles. The number of fused-ring (bicyclic) bond motifs is 1. The normalized spacial score (nSPS) is 15.0. The molecule has 2 aromatic rings. The molecule has 26 heavy (non-hydrogen) atoms. The van der Waals surface area contributed by atoms with Crippen LogP contribution in [0.1, 0.15) is 28.0 Å². The molecule has 0 saturated carbocycles. The Hall–Kier alpha value is -2.16. The number of nitrogens with one attached hydrogen (secondary N) is 1. The van der Waals surface area contributed by atoms with Crippen molar-refractivity contribution in [1.29, 1.82) is 0 Å². The standard InChI is InChI=1S/C18H23N3O4S/c1-20-13-16(11-17(20)18(22)23)26(24,25)19-8-4-9-21-10-7-14-5-2-3-6-15(14)12-21/h2-3,5-6,11,13,19H,4,7-10,12H2,1H3,(H,22,23). The van der Waals surface area contributed by atoms with E-state index in [4.69, 9.17) is 5.11 Å². The largest absolute Gasteiger partial charge is 0.477 e. The molecule has 2 N–H and O–H groups in total. The van der Waals surface area contributed by atoms with Gasteiger partial charge in [0.2, 0.25) is 10.0 Å². The van der Waals surface area contributed by atoms with Gasteiger partial charge in [0.15, 0.2) is 0 Å². The molecule has 1 aromatic carbocycles. The Balaban J connectivity index is 1.50. The number of aromatic nitrogens is 1. The Morgan fingerprint density at radius 1 is 1.27 bits per heavy atom. The van der Waals surface area contributed by atoms with E-state index in [1.165, 1.54) is 35.0 Å². The summed E-state index contributed by atoms with van der Waals surface area (Å²) in [7, 11) is -2.19. The summed E-state index contributed by atoms with van der Waals surface area (Å²) in [5, 5.41) is 9.03. The second-order valence-electron chi connectivity index (χ2n) is 6.52. The van der Waals surface area contributed by atoms with Gasteiger partial charge in [0, 0.05) is 32.9 Å². The maximum Gasteiger partial charge on any atom is 0.352 e. The quantitative estimate of drug-likeness (QED) is 0.713. The minimum Gasteiger partial charge on any atom is -0.477 e. The first-order chi connectivity index (χ1) is 12.4. The number of hydrogen-bond donors (Lipinski definition) is 2. The van der Waals surface area contributed by atoms with Crippen molar-refractivity contribution in [2.75, 3.05) is 19.6 Å². The van der Waals surface area contributed by atoms with Crippen LogP contribution in [0, 0.1) is 0 Å². The lowest BCUT2D eigenvalue weighted by molar-refractivity contribution is 0.0686. The molecular weight excluding hydrogens is 354 g/mol. The van der Waals surface area contributed by atoms with E-state index >= 15 is 0 Å². The molecule has 3 rings (SSSR count). The lowest BCUT2D eigenvalue weighted by Crippen LogP contribution is -2.33. The minimum atomic E-state index is -3.70. The third-order valence-electron chi connectivity index (χ3n) is 4.66. The molecule has 2 heterocycles. The van der Waals surface area contributed by atoms with Crippen LogP contribution in [0.15, 0.2) is 41.4 Å². The summed E-state index contributed by atoms with van der Waals surface area (Å²) in [5.74, 6) is -1.15. The van der Waals surface area contributed by atoms with Crippen molar-refractivity contribution < 1.29 is 18.3 Å². The fraction of sp³-hybridized carbons (Fsp3) is 0.389. The van der Waals surface area contributed by atoms with Gasteiger partial charge >= 0.3 is 5.97 Å². The number of aromatic carboxylic acids is 1. The van der Waals surface area contributed by atoms with Gasteiger partial charge in [-0.15, -0.1) is 0 Å². The number of carboxylic acids is 1. The summed E-state index contributed by atoms with van der Waals surface area (Å²) < 4.78 is 28.5. The Kier molecular flexibility index (Phi) is 5.45. The Morgan fingerprint density at radius 2 is 2.00 bits per heavy atom. The fourth-order valence-electron chi connectivity index (χ4n) is 3.23. The van der Waals surface area contributed by atoms with E-state index in [1.54, 1.807) is 0 Å². The number of nitrogens with zero attached hydrogens (tertiary/aromatic N) is 2. The van der Waals surface area contributed by atoms with Crippen LogP contribution in [0.3, 0.4) is 0 Å². The van der Waals surface area contributed by atoms with Gasteiger partial charge in [0.1, 0.15) is 10.6 Å². The SMILES string of the molecule is Cn1cc(S(=O)(=O)NCCCN2CCc3ccccc3C2)cc1C(=O)O. The predicted molar refractivity (Wildman–Crippen MR) is 97.6 cm³/mol. The highest BCUT2D eigenvalue weighted by Gasteiger charge is 2.20. The molecule has 140 valence electrons. The first kappa shape index (κ1) is 18.6. The zero-order valence-corrected chi connectivity index (χ0v) is 15.5. The molecule has 0 atom stereocenters. The monoisotopic (exact) mass is 377 g/mol. The van der Waals surface area contributed by atoms with Gasteiger partial charge in [-0.1, -0.05) is 24.3 Å². The average Bonchev–Trinajstić information content (AvgIpc) is 3.02. The van der Waals surface area contributed by atoms with Gasteiger partial charge in [-0.25, -0.2) is 17.9 Å². The van der Waals surface area contributed by atoms with Crippen LogP contribution < -0.4 is 4.72 Å².